The Balaban J connectivity index is 1.21. The molecule has 2 bridgehead atoms. The predicted octanol–water partition coefficient (Wildman–Crippen LogP) is -1.38. The Morgan fingerprint density at radius 3 is 2.20 bits per heavy atom. The Morgan fingerprint density at radius 1 is 0.844 bits per heavy atom. The molecule has 3 aliphatic heterocycles. The summed E-state index contributed by atoms with van der Waals surface area (Å²) in [5.74, 6) is 0.135. The monoisotopic (exact) mass is 723 g/mol. The van der Waals surface area contributed by atoms with Crippen molar-refractivity contribution < 1.29 is 47.6 Å². The molecular formula is C20H23N9O11P2S3. The number of nitrogen functional groups attached to an aromatic ring is 2. The summed E-state index contributed by atoms with van der Waals surface area (Å²) in [5.41, 5.74) is 12.3. The first-order chi connectivity index (χ1) is 21.3. The maximum absolute atomic E-state index is 13.0. The number of aromatic nitrogens is 7. The van der Waals surface area contributed by atoms with Gasteiger partial charge in [0.1, 0.15) is 65.3 Å². The van der Waals surface area contributed by atoms with E-state index in [1.165, 1.54) is 17.2 Å². The Morgan fingerprint density at radius 2 is 1.47 bits per heavy atom. The van der Waals surface area contributed by atoms with Crippen molar-refractivity contribution in [3.8, 4) is 0 Å². The second-order valence-electron chi connectivity index (χ2n) is 10.0. The molecule has 0 spiro atoms. The van der Waals surface area contributed by atoms with Gasteiger partial charge in [-0.25, -0.2) is 24.9 Å². The van der Waals surface area contributed by atoms with E-state index in [0.29, 0.717) is 0 Å². The largest absolute Gasteiger partial charge is 0.387 e. The number of imidazole rings is 1. The first-order valence-electron chi connectivity index (χ1n) is 12.9. The molecule has 3 aliphatic rings. The zero-order chi connectivity index (χ0) is 31.8. The van der Waals surface area contributed by atoms with E-state index in [9.17, 15) is 24.8 Å². The van der Waals surface area contributed by atoms with Gasteiger partial charge in [-0.2, -0.15) is 0 Å². The molecule has 8 N–H and O–H groups in total. The van der Waals surface area contributed by atoms with E-state index in [1.54, 1.807) is 0 Å². The molecule has 25 heteroatoms. The Hall–Kier alpha value is -2.18. The minimum absolute atomic E-state index is 0.0461. The fourth-order valence-corrected chi connectivity index (χ4v) is 8.97. The van der Waals surface area contributed by atoms with Gasteiger partial charge in [0.15, 0.2) is 29.6 Å². The molecule has 7 heterocycles. The summed E-state index contributed by atoms with van der Waals surface area (Å²) in [5, 5.41) is 22.5. The second-order valence-corrected chi connectivity index (χ2v) is 16.6. The molecule has 2 unspecified atom stereocenters. The quantitative estimate of drug-likeness (QED) is 0.130. The van der Waals surface area contributed by atoms with E-state index in [4.69, 9.17) is 62.6 Å². The standard InChI is InChI=1S/C20H23N9O11P2S3/c21-14-8-16(25-3-23-14)28(5-27-8)19-12-9(30)6(37-19)1-35-41(33,43)39-11-7(2-36-42(34,44)40-12)38-18(10(11)31)29-17-13(45-20(29)32)15(22)24-4-26-17/h3-7,9-12,18-19,30-31H,1-2H2,(H,33,43)(H,34,44)(H2,21,23,25)(H2,22,24,26)/t6-,7-,9-,10-,11-,12-,18-,19-,41?,42?/m1/s1. The van der Waals surface area contributed by atoms with Gasteiger partial charge in [0, 0.05) is 0 Å². The van der Waals surface area contributed by atoms with E-state index < -0.39 is 80.6 Å². The predicted molar refractivity (Wildman–Crippen MR) is 160 cm³/mol. The van der Waals surface area contributed by atoms with Crippen LogP contribution in [0.5, 0.6) is 0 Å². The van der Waals surface area contributed by atoms with Crippen LogP contribution in [0, 0.1) is 0 Å². The van der Waals surface area contributed by atoms with Crippen LogP contribution in [0.3, 0.4) is 0 Å². The number of aliphatic hydroxyl groups excluding tert-OH is 2. The molecule has 0 aromatic carbocycles. The van der Waals surface area contributed by atoms with Crippen LogP contribution >= 0.6 is 24.8 Å². The number of thiazole rings is 1. The molecule has 45 heavy (non-hydrogen) atoms. The van der Waals surface area contributed by atoms with E-state index >= 15 is 0 Å². The number of hydrogen-bond acceptors (Lipinski definition) is 19. The van der Waals surface area contributed by atoms with Crippen LogP contribution in [0.4, 0.5) is 11.6 Å². The van der Waals surface area contributed by atoms with Crippen molar-refractivity contribution >= 4 is 81.5 Å². The lowest BCUT2D eigenvalue weighted by Gasteiger charge is -2.28. The topological polar surface area (TPSA) is 280 Å². The highest BCUT2D eigenvalue weighted by Gasteiger charge is 2.52. The zero-order valence-corrected chi connectivity index (χ0v) is 26.6. The number of nitrogens with two attached hydrogens (primary N) is 2. The minimum Gasteiger partial charge on any atom is -0.387 e. The smallest absolute Gasteiger partial charge is 0.325 e. The Kier molecular flexibility index (Phi) is 8.03. The van der Waals surface area contributed by atoms with Crippen molar-refractivity contribution in [1.29, 1.82) is 0 Å². The molecule has 0 radical (unpaired) electrons. The molecule has 7 rings (SSSR count). The highest BCUT2D eigenvalue weighted by atomic mass is 32.5. The lowest BCUT2D eigenvalue weighted by atomic mass is 10.1. The summed E-state index contributed by atoms with van der Waals surface area (Å²) in [4.78, 5) is 54.7. The van der Waals surface area contributed by atoms with E-state index in [2.05, 4.69) is 24.9 Å². The molecule has 20 nitrogen and oxygen atoms in total. The van der Waals surface area contributed by atoms with Crippen LogP contribution in [0.2, 0.25) is 0 Å². The number of fused-ring (bicyclic) bond motifs is 5. The van der Waals surface area contributed by atoms with Crippen molar-refractivity contribution in [3.05, 3.63) is 28.6 Å². The average Bonchev–Trinajstić information content (AvgIpc) is 3.71. The fraction of sp³-hybridized carbons (Fsp3) is 0.500. The average molecular weight is 724 g/mol. The number of nitrogens with zero attached hydrogens (tertiary/aromatic N) is 7. The summed E-state index contributed by atoms with van der Waals surface area (Å²) < 4.78 is 37.2. The zero-order valence-electron chi connectivity index (χ0n) is 22.3. The van der Waals surface area contributed by atoms with E-state index in [1.807, 2.05) is 0 Å². The van der Waals surface area contributed by atoms with Gasteiger partial charge in [0.2, 0.25) is 0 Å². The normalized spacial score (nSPS) is 37.7. The van der Waals surface area contributed by atoms with E-state index in [-0.39, 0.29) is 33.1 Å². The van der Waals surface area contributed by atoms with Crippen LogP contribution in [0.1, 0.15) is 12.5 Å². The van der Waals surface area contributed by atoms with Gasteiger partial charge in [-0.05, 0) is 23.6 Å². The molecule has 0 amide bonds. The van der Waals surface area contributed by atoms with Gasteiger partial charge in [-0.1, -0.05) is 11.3 Å². The molecule has 0 aliphatic carbocycles. The van der Waals surface area contributed by atoms with Gasteiger partial charge >= 0.3 is 18.3 Å². The van der Waals surface area contributed by atoms with Crippen molar-refractivity contribution in [2.75, 3.05) is 24.7 Å². The third-order valence-electron chi connectivity index (χ3n) is 7.28. The van der Waals surface area contributed by atoms with Crippen LogP contribution in [0.15, 0.2) is 23.8 Å². The number of ether oxygens (including phenoxy) is 2. The Bertz CT molecular complexity index is 1950. The molecule has 10 atom stereocenters. The van der Waals surface area contributed by atoms with Crippen LogP contribution in [0.25, 0.3) is 21.5 Å². The third kappa shape index (κ3) is 5.60. The number of aliphatic hydroxyl groups is 2. The molecule has 4 aromatic rings. The highest BCUT2D eigenvalue weighted by molar-refractivity contribution is 8.07. The Labute approximate surface area is 265 Å². The van der Waals surface area contributed by atoms with Crippen molar-refractivity contribution in [3.63, 3.8) is 0 Å². The second kappa shape index (κ2) is 11.5. The first-order valence-corrected chi connectivity index (χ1v) is 18.9. The molecule has 3 fully saturated rings. The SMILES string of the molecule is Nc1ncnc2c1ncn2[C@@H]1O[C@@H]2COP(O)(=S)O[C@H]3[C@@H](O)[C@H](n4c(=O)sc5c(N)ncnc54)O[C@@H]3COP(O)(=S)O[C@@H]1[C@@H]2O. The lowest BCUT2D eigenvalue weighted by Crippen LogP contribution is -2.37. The van der Waals surface area contributed by atoms with Gasteiger partial charge in [-0.15, -0.1) is 0 Å². The van der Waals surface area contributed by atoms with Gasteiger partial charge in [0.05, 0.1) is 19.5 Å². The van der Waals surface area contributed by atoms with Gasteiger partial charge < -0.3 is 50.0 Å². The van der Waals surface area contributed by atoms with Gasteiger partial charge in [0.25, 0.3) is 0 Å². The maximum atomic E-state index is 13.0. The summed E-state index contributed by atoms with van der Waals surface area (Å²) in [6.07, 6.45) is -7.41. The van der Waals surface area contributed by atoms with Crippen LogP contribution < -0.4 is 16.3 Å². The molecule has 0 saturated carbocycles. The van der Waals surface area contributed by atoms with E-state index in [0.717, 1.165) is 22.2 Å². The molecule has 3 saturated heterocycles. The first kappa shape index (κ1) is 31.4. The lowest BCUT2D eigenvalue weighted by molar-refractivity contribution is -0.0609. The van der Waals surface area contributed by atoms with Crippen molar-refractivity contribution in [2.24, 2.45) is 0 Å². The highest BCUT2D eigenvalue weighted by Crippen LogP contribution is 2.54. The molecular weight excluding hydrogens is 700 g/mol. The third-order valence-corrected chi connectivity index (χ3v) is 11.4. The molecule has 242 valence electrons. The van der Waals surface area contributed by atoms with Crippen LogP contribution in [-0.4, -0.2) is 104 Å². The number of anilines is 2. The van der Waals surface area contributed by atoms with Crippen LogP contribution in [-0.2, 0) is 51.2 Å². The van der Waals surface area contributed by atoms with Gasteiger partial charge in [-0.3, -0.25) is 23.0 Å². The summed E-state index contributed by atoms with van der Waals surface area (Å²) >= 11 is 11.2. The number of rotatable bonds is 2. The van der Waals surface area contributed by atoms with Crippen molar-refractivity contribution in [1.82, 2.24) is 34.1 Å². The fourth-order valence-electron chi connectivity index (χ4n) is 5.25. The number of hydrogen-bond donors (Lipinski definition) is 6. The molecule has 4 aromatic heterocycles. The summed E-state index contributed by atoms with van der Waals surface area (Å²) in [6, 6.07) is 0. The minimum atomic E-state index is -4.22. The summed E-state index contributed by atoms with van der Waals surface area (Å²) in [6.45, 7) is -9.53. The van der Waals surface area contributed by atoms with Crippen molar-refractivity contribution in [2.45, 2.75) is 49.1 Å². The maximum Gasteiger partial charge on any atom is 0.325 e. The summed E-state index contributed by atoms with van der Waals surface area (Å²) in [7, 11) is 0.